The number of hydrogen-bond acceptors (Lipinski definition) is 2. The molecule has 2 rings (SSSR count). The molecule has 20 heavy (non-hydrogen) atoms. The van der Waals surface area contributed by atoms with E-state index in [-0.39, 0.29) is 0 Å². The summed E-state index contributed by atoms with van der Waals surface area (Å²) in [6, 6.07) is 14.0. The van der Waals surface area contributed by atoms with Gasteiger partial charge in [-0.05, 0) is 47.7 Å². The number of methoxy groups -OCH3 is 1. The first-order chi connectivity index (χ1) is 9.65. The van der Waals surface area contributed by atoms with E-state index in [2.05, 4.69) is 19.1 Å². The molecule has 2 aromatic carbocycles. The summed E-state index contributed by atoms with van der Waals surface area (Å²) in [7, 11) is 1.66. The third kappa shape index (κ3) is 3.20. The molecule has 1 N–H and O–H groups in total. The fraction of sp³-hybridized carbons (Fsp3) is 0.333. The summed E-state index contributed by atoms with van der Waals surface area (Å²) in [6.07, 6.45) is 1.57. The van der Waals surface area contributed by atoms with Crippen molar-refractivity contribution in [1.29, 1.82) is 0 Å². The number of aliphatic hydroxyl groups is 1. The van der Waals surface area contributed by atoms with Crippen LogP contribution in [0.5, 0.6) is 5.75 Å². The molecule has 2 nitrogen and oxygen atoms in total. The first kappa shape index (κ1) is 14.6. The monoisotopic (exact) mass is 270 g/mol. The van der Waals surface area contributed by atoms with Crippen molar-refractivity contribution in [2.75, 3.05) is 7.11 Å². The van der Waals surface area contributed by atoms with Crippen LogP contribution >= 0.6 is 0 Å². The van der Waals surface area contributed by atoms with E-state index in [1.54, 1.807) is 7.11 Å². The molecule has 0 aliphatic rings. The van der Waals surface area contributed by atoms with Gasteiger partial charge in [-0.15, -0.1) is 0 Å². The van der Waals surface area contributed by atoms with Gasteiger partial charge < -0.3 is 9.84 Å². The zero-order chi connectivity index (χ0) is 14.5. The molecule has 0 radical (unpaired) electrons. The van der Waals surface area contributed by atoms with Gasteiger partial charge in [0.1, 0.15) is 11.9 Å². The van der Waals surface area contributed by atoms with Gasteiger partial charge in [0, 0.05) is 0 Å². The van der Waals surface area contributed by atoms with Crippen LogP contribution in [0.1, 0.15) is 41.7 Å². The molecule has 0 saturated carbocycles. The lowest BCUT2D eigenvalue weighted by Crippen LogP contribution is -2.01. The molecule has 0 amide bonds. The largest absolute Gasteiger partial charge is 0.496 e. The van der Waals surface area contributed by atoms with Crippen LogP contribution in [-0.2, 0) is 6.42 Å². The molecule has 0 spiro atoms. The molecular formula is C18H22O2. The van der Waals surface area contributed by atoms with Crippen molar-refractivity contribution in [2.45, 2.75) is 32.8 Å². The highest BCUT2D eigenvalue weighted by Crippen LogP contribution is 2.27. The number of rotatable bonds is 5. The maximum Gasteiger partial charge on any atom is 0.121 e. The summed E-state index contributed by atoms with van der Waals surface area (Å²) >= 11 is 0. The molecule has 0 heterocycles. The normalized spacial score (nSPS) is 12.2. The Morgan fingerprint density at radius 1 is 1.10 bits per heavy atom. The lowest BCUT2D eigenvalue weighted by Gasteiger charge is -2.14. The molecule has 2 aromatic rings. The molecule has 106 valence electrons. The molecular weight excluding hydrogens is 248 g/mol. The zero-order valence-corrected chi connectivity index (χ0v) is 12.4. The van der Waals surface area contributed by atoms with Gasteiger partial charge in [-0.1, -0.05) is 43.7 Å². The molecule has 0 aromatic heterocycles. The van der Waals surface area contributed by atoms with Crippen molar-refractivity contribution in [2.24, 2.45) is 0 Å². The van der Waals surface area contributed by atoms with Crippen LogP contribution < -0.4 is 4.74 Å². The number of aryl methyl sites for hydroxylation is 2. The van der Waals surface area contributed by atoms with Gasteiger partial charge in [0.2, 0.25) is 0 Å². The van der Waals surface area contributed by atoms with Crippen molar-refractivity contribution in [3.8, 4) is 5.75 Å². The Hall–Kier alpha value is -1.80. The molecule has 0 aliphatic heterocycles. The van der Waals surface area contributed by atoms with Gasteiger partial charge in [-0.25, -0.2) is 0 Å². The lowest BCUT2D eigenvalue weighted by atomic mass is 9.97. The third-order valence-corrected chi connectivity index (χ3v) is 3.54. The van der Waals surface area contributed by atoms with E-state index in [0.717, 1.165) is 35.3 Å². The summed E-state index contributed by atoms with van der Waals surface area (Å²) in [6.45, 7) is 4.15. The summed E-state index contributed by atoms with van der Waals surface area (Å²) in [5.74, 6) is 0.848. The van der Waals surface area contributed by atoms with Crippen molar-refractivity contribution in [1.82, 2.24) is 0 Å². The van der Waals surface area contributed by atoms with E-state index in [4.69, 9.17) is 4.74 Å². The fourth-order valence-corrected chi connectivity index (χ4v) is 2.47. The van der Waals surface area contributed by atoms with Crippen molar-refractivity contribution in [3.05, 3.63) is 64.7 Å². The maximum absolute atomic E-state index is 10.5. The van der Waals surface area contributed by atoms with Gasteiger partial charge >= 0.3 is 0 Å². The smallest absolute Gasteiger partial charge is 0.121 e. The molecule has 2 heteroatoms. The quantitative estimate of drug-likeness (QED) is 0.888. The Labute approximate surface area is 121 Å². The maximum atomic E-state index is 10.5. The molecule has 1 atom stereocenters. The number of benzene rings is 2. The van der Waals surface area contributed by atoms with Crippen LogP contribution in [0.2, 0.25) is 0 Å². The predicted octanol–water partition coefficient (Wildman–Crippen LogP) is 4.04. The van der Waals surface area contributed by atoms with Crippen LogP contribution in [0.4, 0.5) is 0 Å². The van der Waals surface area contributed by atoms with Gasteiger partial charge in [0.05, 0.1) is 7.11 Å². The SMILES string of the molecule is CCCc1cccc(C(O)c2ccc(OC)c(C)c2)c1. The van der Waals surface area contributed by atoms with Gasteiger partial charge in [0.25, 0.3) is 0 Å². The van der Waals surface area contributed by atoms with E-state index >= 15 is 0 Å². The second-order valence-corrected chi connectivity index (χ2v) is 5.13. The molecule has 1 unspecified atom stereocenters. The van der Waals surface area contributed by atoms with E-state index in [0.29, 0.717) is 0 Å². The minimum absolute atomic E-state index is 0.587. The zero-order valence-electron chi connectivity index (χ0n) is 12.4. The average Bonchev–Trinajstić information content (AvgIpc) is 2.47. The summed E-state index contributed by atoms with van der Waals surface area (Å²) in [4.78, 5) is 0. The number of aliphatic hydroxyl groups excluding tert-OH is 1. The molecule has 0 aliphatic carbocycles. The minimum atomic E-state index is -0.587. The topological polar surface area (TPSA) is 29.5 Å². The minimum Gasteiger partial charge on any atom is -0.496 e. The Morgan fingerprint density at radius 3 is 2.50 bits per heavy atom. The van der Waals surface area contributed by atoms with E-state index in [1.165, 1.54) is 5.56 Å². The Morgan fingerprint density at radius 2 is 1.85 bits per heavy atom. The van der Waals surface area contributed by atoms with Crippen molar-refractivity contribution in [3.63, 3.8) is 0 Å². The third-order valence-electron chi connectivity index (χ3n) is 3.54. The second-order valence-electron chi connectivity index (χ2n) is 5.13. The van der Waals surface area contributed by atoms with Crippen LogP contribution in [0.3, 0.4) is 0 Å². The molecule has 0 fully saturated rings. The van der Waals surface area contributed by atoms with Crippen LogP contribution in [0, 0.1) is 6.92 Å². The fourth-order valence-electron chi connectivity index (χ4n) is 2.47. The van der Waals surface area contributed by atoms with Crippen LogP contribution in [0.25, 0.3) is 0 Å². The molecule has 0 saturated heterocycles. The standard InChI is InChI=1S/C18H22O2/c1-4-6-14-7-5-8-15(12-14)18(19)16-9-10-17(20-3)13(2)11-16/h5,7-12,18-19H,4,6H2,1-3H3. The van der Waals surface area contributed by atoms with E-state index in [1.807, 2.05) is 37.3 Å². The first-order valence-electron chi connectivity index (χ1n) is 7.07. The highest BCUT2D eigenvalue weighted by molar-refractivity contribution is 5.40. The van der Waals surface area contributed by atoms with Crippen molar-refractivity contribution < 1.29 is 9.84 Å². The summed E-state index contributed by atoms with van der Waals surface area (Å²) in [5, 5.41) is 10.5. The van der Waals surface area contributed by atoms with Crippen LogP contribution in [-0.4, -0.2) is 12.2 Å². The van der Waals surface area contributed by atoms with E-state index < -0.39 is 6.10 Å². The van der Waals surface area contributed by atoms with Gasteiger partial charge in [0.15, 0.2) is 0 Å². The summed E-state index contributed by atoms with van der Waals surface area (Å²) < 4.78 is 5.25. The number of ether oxygens (including phenoxy) is 1. The van der Waals surface area contributed by atoms with Crippen molar-refractivity contribution >= 4 is 0 Å². The highest BCUT2D eigenvalue weighted by Gasteiger charge is 2.12. The van der Waals surface area contributed by atoms with E-state index in [9.17, 15) is 5.11 Å². The first-order valence-corrected chi connectivity index (χ1v) is 7.07. The Balaban J connectivity index is 2.28. The average molecular weight is 270 g/mol. The predicted molar refractivity (Wildman–Crippen MR) is 82.2 cm³/mol. The molecule has 0 bridgehead atoms. The lowest BCUT2D eigenvalue weighted by molar-refractivity contribution is 0.220. The second kappa shape index (κ2) is 6.58. The van der Waals surface area contributed by atoms with Crippen LogP contribution in [0.15, 0.2) is 42.5 Å². The number of hydrogen-bond donors (Lipinski definition) is 1. The summed E-state index contributed by atoms with van der Waals surface area (Å²) in [5.41, 5.74) is 4.15. The Kier molecular flexibility index (Phi) is 4.80. The Bertz CT molecular complexity index is 575. The van der Waals surface area contributed by atoms with Gasteiger partial charge in [-0.3, -0.25) is 0 Å². The van der Waals surface area contributed by atoms with Gasteiger partial charge in [-0.2, -0.15) is 0 Å². The highest BCUT2D eigenvalue weighted by atomic mass is 16.5.